The lowest BCUT2D eigenvalue weighted by atomic mass is 9.94. The zero-order valence-corrected chi connectivity index (χ0v) is 26.5. The van der Waals surface area contributed by atoms with Crippen molar-refractivity contribution in [2.75, 3.05) is 14.2 Å². The smallest absolute Gasteiger partial charge is 0.416 e. The average Bonchev–Trinajstić information content (AvgIpc) is 3.03. The molecule has 0 saturated heterocycles. The summed E-state index contributed by atoms with van der Waals surface area (Å²) in [7, 11) is 2.58. The van der Waals surface area contributed by atoms with E-state index in [9.17, 15) is 44.3 Å². The molecule has 0 spiro atoms. The zero-order valence-electron chi connectivity index (χ0n) is 26.5. The molecule has 15 heteroatoms. The van der Waals surface area contributed by atoms with Crippen LogP contribution in [0.5, 0.6) is 11.5 Å². The summed E-state index contributed by atoms with van der Waals surface area (Å²) >= 11 is 0. The van der Waals surface area contributed by atoms with Gasteiger partial charge < -0.3 is 14.2 Å². The molecule has 0 amide bonds. The molecule has 0 unspecified atom stereocenters. The molecule has 3 aromatic carbocycles. The molecule has 2 atom stereocenters. The number of hydrogen-bond donors (Lipinski definition) is 0. The molecule has 1 fully saturated rings. The van der Waals surface area contributed by atoms with Crippen molar-refractivity contribution >= 4 is 6.47 Å². The van der Waals surface area contributed by atoms with E-state index in [0.29, 0.717) is 25.0 Å². The third-order valence-corrected chi connectivity index (χ3v) is 8.52. The molecule has 0 aliphatic heterocycles. The standard InChI is InChI=1S/C34H33F10NO4/c1-19(31(48-18-46)20-11-23(33(39,40)41)14-24(12-20)34(42,43)44)45(2)17-21-13-22(32(36,37)38)9-10-26(21)27-15-30(28(35)16-29(27)47-3)49-25-7-5-4-6-8-25/h9-16,18-19,25,31H,4-8,17H2,1-3H3/t19-,31-/m0/s1. The molecule has 0 aromatic heterocycles. The number of nitrogens with zero attached hydrogens (tertiary/aromatic N) is 1. The molecule has 49 heavy (non-hydrogen) atoms. The molecule has 1 aliphatic carbocycles. The van der Waals surface area contributed by atoms with Crippen LogP contribution in [-0.2, 0) is 34.6 Å². The Hall–Kier alpha value is -4.01. The third kappa shape index (κ3) is 9.17. The van der Waals surface area contributed by atoms with Crippen LogP contribution < -0.4 is 9.47 Å². The molecular weight excluding hydrogens is 676 g/mol. The van der Waals surface area contributed by atoms with Crippen LogP contribution in [0.25, 0.3) is 11.1 Å². The predicted octanol–water partition coefficient (Wildman–Crippen LogP) is 10.0. The van der Waals surface area contributed by atoms with E-state index in [0.717, 1.165) is 43.5 Å². The van der Waals surface area contributed by atoms with Crippen LogP contribution in [0.4, 0.5) is 43.9 Å². The van der Waals surface area contributed by atoms with Gasteiger partial charge in [0.25, 0.3) is 6.47 Å². The molecule has 1 aliphatic rings. The Balaban J connectivity index is 1.78. The number of carbonyl (C=O) groups is 1. The first kappa shape index (κ1) is 37.8. The fraction of sp³-hybridized carbons (Fsp3) is 0.441. The maximum atomic E-state index is 15.1. The van der Waals surface area contributed by atoms with E-state index >= 15 is 4.39 Å². The Morgan fingerprint density at radius 3 is 1.92 bits per heavy atom. The summed E-state index contributed by atoms with van der Waals surface area (Å²) < 4.78 is 155. The first-order chi connectivity index (χ1) is 22.8. The number of ether oxygens (including phenoxy) is 3. The van der Waals surface area contributed by atoms with Crippen molar-refractivity contribution in [3.8, 4) is 22.6 Å². The second-order valence-electron chi connectivity index (χ2n) is 11.9. The molecular formula is C34H33F10NO4. The van der Waals surface area contributed by atoms with Crippen LogP contribution in [0.1, 0.15) is 72.9 Å². The van der Waals surface area contributed by atoms with Crippen LogP contribution in [-0.4, -0.2) is 37.7 Å². The highest BCUT2D eigenvalue weighted by molar-refractivity contribution is 5.75. The normalized spacial score (nSPS) is 16.0. The van der Waals surface area contributed by atoms with Crippen molar-refractivity contribution in [3.05, 3.63) is 82.2 Å². The van der Waals surface area contributed by atoms with Gasteiger partial charge in [-0.15, -0.1) is 0 Å². The lowest BCUT2D eigenvalue weighted by molar-refractivity contribution is -0.143. The molecule has 1 saturated carbocycles. The topological polar surface area (TPSA) is 48.0 Å². The minimum atomic E-state index is -5.18. The molecule has 0 N–H and O–H groups in total. The summed E-state index contributed by atoms with van der Waals surface area (Å²) in [4.78, 5) is 12.7. The molecule has 5 nitrogen and oxygen atoms in total. The number of halogens is 10. The van der Waals surface area contributed by atoms with Crippen LogP contribution in [0.2, 0.25) is 0 Å². The van der Waals surface area contributed by atoms with E-state index in [1.165, 1.54) is 32.0 Å². The van der Waals surface area contributed by atoms with Gasteiger partial charge in [-0.2, -0.15) is 39.5 Å². The summed E-state index contributed by atoms with van der Waals surface area (Å²) in [5.74, 6) is -0.922. The summed E-state index contributed by atoms with van der Waals surface area (Å²) in [6.07, 6.45) is -13.0. The van der Waals surface area contributed by atoms with Gasteiger partial charge in [-0.3, -0.25) is 9.69 Å². The number of methoxy groups -OCH3 is 1. The first-order valence-electron chi connectivity index (χ1n) is 15.2. The Labute approximate surface area is 275 Å². The van der Waals surface area contributed by atoms with Crippen molar-refractivity contribution in [3.63, 3.8) is 0 Å². The Morgan fingerprint density at radius 1 is 0.796 bits per heavy atom. The van der Waals surface area contributed by atoms with E-state index < -0.39 is 58.7 Å². The Kier molecular flexibility index (Phi) is 11.5. The van der Waals surface area contributed by atoms with Crippen molar-refractivity contribution in [1.29, 1.82) is 0 Å². The van der Waals surface area contributed by atoms with Gasteiger partial charge in [0.2, 0.25) is 0 Å². The highest BCUT2D eigenvalue weighted by atomic mass is 19.4. The molecule has 0 bridgehead atoms. The predicted molar refractivity (Wildman–Crippen MR) is 158 cm³/mol. The molecule has 0 heterocycles. The van der Waals surface area contributed by atoms with Crippen LogP contribution in [0.15, 0.2) is 48.5 Å². The molecule has 4 rings (SSSR count). The van der Waals surface area contributed by atoms with E-state index in [2.05, 4.69) is 0 Å². The summed E-state index contributed by atoms with van der Waals surface area (Å²) in [6, 6.07) is 4.72. The highest BCUT2D eigenvalue weighted by Crippen LogP contribution is 2.42. The molecule has 3 aromatic rings. The van der Waals surface area contributed by atoms with Crippen LogP contribution >= 0.6 is 0 Å². The van der Waals surface area contributed by atoms with E-state index in [1.807, 2.05) is 0 Å². The van der Waals surface area contributed by atoms with Gasteiger partial charge in [-0.05, 0) is 92.7 Å². The van der Waals surface area contributed by atoms with Crippen molar-refractivity contribution in [2.24, 2.45) is 0 Å². The van der Waals surface area contributed by atoms with Crippen LogP contribution in [0.3, 0.4) is 0 Å². The van der Waals surface area contributed by atoms with Crippen molar-refractivity contribution in [2.45, 2.75) is 82.4 Å². The summed E-state index contributed by atoms with van der Waals surface area (Å²) in [5, 5.41) is 0. The average molecular weight is 710 g/mol. The summed E-state index contributed by atoms with van der Waals surface area (Å²) in [5.41, 5.74) is -4.65. The van der Waals surface area contributed by atoms with Gasteiger partial charge in [-0.25, -0.2) is 4.39 Å². The van der Waals surface area contributed by atoms with Gasteiger partial charge in [0, 0.05) is 24.2 Å². The largest absolute Gasteiger partial charge is 0.496 e. The Morgan fingerprint density at radius 2 is 1.39 bits per heavy atom. The van der Waals surface area contributed by atoms with E-state index in [4.69, 9.17) is 14.2 Å². The minimum Gasteiger partial charge on any atom is -0.496 e. The lowest BCUT2D eigenvalue weighted by Gasteiger charge is -2.32. The fourth-order valence-corrected chi connectivity index (χ4v) is 5.85. The number of hydrogen-bond acceptors (Lipinski definition) is 5. The van der Waals surface area contributed by atoms with Crippen LogP contribution in [0, 0.1) is 5.82 Å². The second-order valence-corrected chi connectivity index (χ2v) is 11.9. The van der Waals surface area contributed by atoms with Gasteiger partial charge >= 0.3 is 18.5 Å². The maximum absolute atomic E-state index is 15.1. The number of likely N-dealkylation sites (N-methyl/N-ethyl adjacent to an activating group) is 1. The third-order valence-electron chi connectivity index (χ3n) is 8.52. The van der Waals surface area contributed by atoms with Gasteiger partial charge in [0.15, 0.2) is 11.6 Å². The maximum Gasteiger partial charge on any atom is 0.416 e. The number of benzene rings is 3. The van der Waals surface area contributed by atoms with E-state index in [1.54, 1.807) is 0 Å². The van der Waals surface area contributed by atoms with Gasteiger partial charge in [0.1, 0.15) is 11.9 Å². The molecule has 0 radical (unpaired) electrons. The number of alkyl halides is 9. The first-order valence-corrected chi connectivity index (χ1v) is 15.2. The number of rotatable bonds is 11. The van der Waals surface area contributed by atoms with Crippen molar-refractivity contribution in [1.82, 2.24) is 4.90 Å². The summed E-state index contributed by atoms with van der Waals surface area (Å²) in [6.45, 7) is 0.794. The SMILES string of the molecule is COc1cc(F)c(OC2CCCCC2)cc1-c1ccc(C(F)(F)F)cc1CN(C)[C@@H](C)[C@H](OC=O)c1cc(C(F)(F)F)cc(C(F)(F)F)c1. The van der Waals surface area contributed by atoms with Crippen molar-refractivity contribution < 1.29 is 62.9 Å². The zero-order chi connectivity index (χ0) is 36.3. The quantitative estimate of drug-likeness (QED) is 0.147. The Bertz CT molecular complexity index is 1580. The van der Waals surface area contributed by atoms with Gasteiger partial charge in [0.05, 0.1) is 29.9 Å². The van der Waals surface area contributed by atoms with E-state index in [-0.39, 0.29) is 53.4 Å². The molecule has 268 valence electrons. The monoisotopic (exact) mass is 709 g/mol. The number of carbonyl (C=O) groups excluding carboxylic acids is 1. The second kappa shape index (κ2) is 14.9. The highest BCUT2D eigenvalue weighted by Gasteiger charge is 2.39. The minimum absolute atomic E-state index is 0.0115. The van der Waals surface area contributed by atoms with Gasteiger partial charge in [-0.1, -0.05) is 12.5 Å². The fourth-order valence-electron chi connectivity index (χ4n) is 5.85. The lowest BCUT2D eigenvalue weighted by Crippen LogP contribution is -2.35.